The van der Waals surface area contributed by atoms with Gasteiger partial charge in [0.25, 0.3) is 0 Å². The third kappa shape index (κ3) is 4.93. The summed E-state index contributed by atoms with van der Waals surface area (Å²) in [5, 5.41) is 0.203. The minimum absolute atomic E-state index is 0.0963. The lowest BCUT2D eigenvalue weighted by atomic mass is 10.0. The van der Waals surface area contributed by atoms with Gasteiger partial charge in [0.05, 0.1) is 12.5 Å². The maximum atomic E-state index is 12.0. The van der Waals surface area contributed by atoms with Crippen molar-refractivity contribution in [2.24, 2.45) is 0 Å². The smallest absolute Gasteiger partial charge is 0.308 e. The van der Waals surface area contributed by atoms with E-state index in [9.17, 15) is 4.79 Å². The average molecular weight is 375 g/mol. The minimum atomic E-state index is -1.99. The molecule has 0 N–H and O–H groups in total. The van der Waals surface area contributed by atoms with Crippen LogP contribution in [-0.4, -0.2) is 40.9 Å². The van der Waals surface area contributed by atoms with Gasteiger partial charge in [-0.15, -0.1) is 0 Å². The Morgan fingerprint density at radius 1 is 0.917 bits per heavy atom. The maximum absolute atomic E-state index is 12.0. The van der Waals surface area contributed by atoms with Crippen LogP contribution < -0.4 is 0 Å². The summed E-state index contributed by atoms with van der Waals surface area (Å²) in [6.45, 7) is 24.2. The van der Waals surface area contributed by atoms with Crippen LogP contribution in [0.4, 0.5) is 0 Å². The Kier molecular flexibility index (Phi) is 6.24. The quantitative estimate of drug-likeness (QED) is 0.507. The zero-order valence-electron chi connectivity index (χ0n) is 17.6. The highest BCUT2D eigenvalue weighted by Crippen LogP contribution is 2.42. The molecule has 0 spiro atoms. The van der Waals surface area contributed by atoms with E-state index in [1.54, 1.807) is 0 Å². The second kappa shape index (κ2) is 6.85. The highest BCUT2D eigenvalue weighted by Gasteiger charge is 2.49. The number of cyclic esters (lactones) is 1. The molecule has 1 saturated heterocycles. The molecule has 142 valence electrons. The van der Waals surface area contributed by atoms with Crippen molar-refractivity contribution in [3.05, 3.63) is 0 Å². The van der Waals surface area contributed by atoms with Crippen molar-refractivity contribution in [2.75, 3.05) is 0 Å². The van der Waals surface area contributed by atoms with Gasteiger partial charge in [-0.05, 0) is 43.2 Å². The SMILES string of the molecule is C[C@H]1OC(=O)C[C@@H](O[Si](C)(C)C(C)(C)C)[C@@H]1O[Si](C)(C)C(C)(C)C. The molecule has 0 bridgehead atoms. The Morgan fingerprint density at radius 3 is 1.75 bits per heavy atom. The molecule has 0 radical (unpaired) electrons. The minimum Gasteiger partial charge on any atom is -0.460 e. The lowest BCUT2D eigenvalue weighted by Gasteiger charge is -2.47. The van der Waals surface area contributed by atoms with E-state index >= 15 is 0 Å². The van der Waals surface area contributed by atoms with Crippen LogP contribution in [0.15, 0.2) is 0 Å². The van der Waals surface area contributed by atoms with E-state index in [1.807, 2.05) is 6.92 Å². The first-order valence-electron chi connectivity index (χ1n) is 9.03. The number of rotatable bonds is 4. The van der Waals surface area contributed by atoms with Gasteiger partial charge in [-0.25, -0.2) is 0 Å². The normalized spacial score (nSPS) is 27.1. The molecule has 6 heteroatoms. The van der Waals surface area contributed by atoms with E-state index in [4.69, 9.17) is 13.6 Å². The summed E-state index contributed by atoms with van der Waals surface area (Å²) in [6.07, 6.45) is -0.375. The van der Waals surface area contributed by atoms with Gasteiger partial charge < -0.3 is 13.6 Å². The van der Waals surface area contributed by atoms with Crippen LogP contribution in [0.5, 0.6) is 0 Å². The second-order valence-corrected chi connectivity index (χ2v) is 19.7. The molecule has 0 saturated carbocycles. The van der Waals surface area contributed by atoms with Gasteiger partial charge in [-0.2, -0.15) is 0 Å². The number of hydrogen-bond acceptors (Lipinski definition) is 4. The fraction of sp³-hybridized carbons (Fsp3) is 0.944. The van der Waals surface area contributed by atoms with Crippen LogP contribution in [0.3, 0.4) is 0 Å². The van der Waals surface area contributed by atoms with Gasteiger partial charge in [-0.1, -0.05) is 41.5 Å². The Labute approximate surface area is 150 Å². The van der Waals surface area contributed by atoms with E-state index in [0.29, 0.717) is 0 Å². The van der Waals surface area contributed by atoms with Gasteiger partial charge in [0, 0.05) is 0 Å². The molecule has 4 nitrogen and oxygen atoms in total. The first-order valence-corrected chi connectivity index (χ1v) is 14.8. The van der Waals surface area contributed by atoms with Crippen molar-refractivity contribution >= 4 is 22.6 Å². The summed E-state index contributed by atoms with van der Waals surface area (Å²) in [4.78, 5) is 12.0. The Bertz CT molecular complexity index is 461. The van der Waals surface area contributed by atoms with Crippen molar-refractivity contribution in [1.82, 2.24) is 0 Å². The molecule has 24 heavy (non-hydrogen) atoms. The molecule has 1 aliphatic rings. The summed E-state index contributed by atoms with van der Waals surface area (Å²) in [5.74, 6) is -0.179. The molecule has 0 unspecified atom stereocenters. The predicted molar refractivity (Wildman–Crippen MR) is 104 cm³/mol. The van der Waals surface area contributed by atoms with E-state index in [2.05, 4.69) is 67.7 Å². The van der Waals surface area contributed by atoms with Crippen LogP contribution >= 0.6 is 0 Å². The van der Waals surface area contributed by atoms with Crippen molar-refractivity contribution in [3.8, 4) is 0 Å². The highest BCUT2D eigenvalue weighted by atomic mass is 28.4. The van der Waals surface area contributed by atoms with Crippen molar-refractivity contribution in [1.29, 1.82) is 0 Å². The van der Waals surface area contributed by atoms with Crippen LogP contribution in [0.2, 0.25) is 36.3 Å². The van der Waals surface area contributed by atoms with Gasteiger partial charge in [0.2, 0.25) is 0 Å². The molecule has 0 amide bonds. The fourth-order valence-corrected chi connectivity index (χ4v) is 4.96. The molecule has 3 atom stereocenters. The maximum Gasteiger partial charge on any atom is 0.308 e. The monoisotopic (exact) mass is 374 g/mol. The predicted octanol–water partition coefficient (Wildman–Crippen LogP) is 5.10. The largest absolute Gasteiger partial charge is 0.460 e. The third-order valence-electron chi connectivity index (χ3n) is 6.00. The van der Waals surface area contributed by atoms with Crippen molar-refractivity contribution in [2.45, 2.75) is 109 Å². The molecule has 0 aromatic rings. The van der Waals surface area contributed by atoms with Gasteiger partial charge in [0.1, 0.15) is 12.2 Å². The Hall–Kier alpha value is -0.176. The number of esters is 1. The molecule has 1 heterocycles. The van der Waals surface area contributed by atoms with Crippen molar-refractivity contribution in [3.63, 3.8) is 0 Å². The van der Waals surface area contributed by atoms with Crippen molar-refractivity contribution < 1.29 is 18.4 Å². The fourth-order valence-electron chi connectivity index (χ4n) is 2.26. The van der Waals surface area contributed by atoms with E-state index in [1.165, 1.54) is 0 Å². The molecule has 1 aliphatic heterocycles. The second-order valence-electron chi connectivity index (χ2n) is 10.2. The molecule has 1 rings (SSSR count). The Balaban J connectivity index is 3.07. The lowest BCUT2D eigenvalue weighted by molar-refractivity contribution is -0.172. The van der Waals surface area contributed by atoms with Crippen LogP contribution in [0, 0.1) is 0 Å². The van der Waals surface area contributed by atoms with E-state index in [-0.39, 0.29) is 40.8 Å². The summed E-state index contributed by atoms with van der Waals surface area (Å²) in [7, 11) is -3.96. The first kappa shape index (κ1) is 21.9. The number of carbonyl (C=O) groups excluding carboxylic acids is 1. The number of hydrogen-bond donors (Lipinski definition) is 0. The summed E-state index contributed by atoms with van der Waals surface area (Å²) in [6, 6.07) is 0. The molecule has 1 fully saturated rings. The average Bonchev–Trinajstić information content (AvgIpc) is 2.30. The third-order valence-corrected chi connectivity index (χ3v) is 15.0. The van der Waals surface area contributed by atoms with Crippen LogP contribution in [-0.2, 0) is 18.4 Å². The zero-order chi connectivity index (χ0) is 19.1. The van der Waals surface area contributed by atoms with Gasteiger partial charge >= 0.3 is 5.97 Å². The number of carbonyl (C=O) groups is 1. The molecule has 0 aromatic carbocycles. The zero-order valence-corrected chi connectivity index (χ0v) is 19.6. The summed E-state index contributed by atoms with van der Waals surface area (Å²) >= 11 is 0. The van der Waals surface area contributed by atoms with E-state index in [0.717, 1.165) is 0 Å². The highest BCUT2D eigenvalue weighted by molar-refractivity contribution is 6.74. The van der Waals surface area contributed by atoms with Crippen LogP contribution in [0.1, 0.15) is 54.9 Å². The molecular formula is C18H38O4Si2. The number of ether oxygens (including phenoxy) is 1. The first-order chi connectivity index (χ1) is 10.5. The van der Waals surface area contributed by atoms with Gasteiger partial charge in [-0.3, -0.25) is 4.79 Å². The van der Waals surface area contributed by atoms with Crippen LogP contribution in [0.25, 0.3) is 0 Å². The molecule has 0 aromatic heterocycles. The molecular weight excluding hydrogens is 336 g/mol. The summed E-state index contributed by atoms with van der Waals surface area (Å²) < 4.78 is 18.7. The van der Waals surface area contributed by atoms with Gasteiger partial charge in [0.15, 0.2) is 16.6 Å². The standard InChI is InChI=1S/C18H38O4Si2/c1-13-16(22-24(10,11)18(5,6)7)14(12-15(19)20-13)21-23(8,9)17(2,3)4/h13-14,16H,12H2,1-11H3/t13-,14-,16-/m1/s1. The Morgan fingerprint density at radius 2 is 1.33 bits per heavy atom. The van der Waals surface area contributed by atoms with E-state index < -0.39 is 16.6 Å². The molecule has 0 aliphatic carbocycles. The topological polar surface area (TPSA) is 44.8 Å². The summed E-state index contributed by atoms with van der Waals surface area (Å²) in [5.41, 5.74) is 0. The lowest BCUT2D eigenvalue weighted by Crippen LogP contribution is -2.58.